The lowest BCUT2D eigenvalue weighted by Gasteiger charge is -2.27. The number of fused-ring (bicyclic) bond motifs is 1. The standard InChI is InChI=1S/C10H16FNO3/c1-14-8-4-10(9(13)15-2)3-7(11)5-12(10)6-8/h7-8H,3-6H2,1-2H3. The first kappa shape index (κ1) is 10.8. The molecule has 2 heterocycles. The number of rotatable bonds is 2. The Balaban J connectivity index is 2.21. The van der Waals surface area contributed by atoms with E-state index in [0.29, 0.717) is 19.5 Å². The van der Waals surface area contributed by atoms with Crippen molar-refractivity contribution in [1.82, 2.24) is 4.90 Å². The lowest BCUT2D eigenvalue weighted by atomic mass is 9.93. The van der Waals surface area contributed by atoms with Gasteiger partial charge in [-0.3, -0.25) is 9.69 Å². The molecular weight excluding hydrogens is 201 g/mol. The van der Waals surface area contributed by atoms with Crippen LogP contribution < -0.4 is 0 Å². The number of ether oxygens (including phenoxy) is 2. The Kier molecular flexibility index (Phi) is 2.68. The van der Waals surface area contributed by atoms with Gasteiger partial charge < -0.3 is 9.47 Å². The summed E-state index contributed by atoms with van der Waals surface area (Å²) < 4.78 is 23.3. The molecule has 15 heavy (non-hydrogen) atoms. The molecule has 3 unspecified atom stereocenters. The van der Waals surface area contributed by atoms with Crippen LogP contribution in [0.1, 0.15) is 12.8 Å². The van der Waals surface area contributed by atoms with Gasteiger partial charge in [-0.25, -0.2) is 4.39 Å². The van der Waals surface area contributed by atoms with Gasteiger partial charge in [0, 0.05) is 33.0 Å². The molecule has 4 nitrogen and oxygen atoms in total. The molecule has 86 valence electrons. The predicted molar refractivity (Wildman–Crippen MR) is 51.2 cm³/mol. The molecule has 0 aromatic heterocycles. The van der Waals surface area contributed by atoms with E-state index >= 15 is 0 Å². The van der Waals surface area contributed by atoms with Crippen LogP contribution in [0.25, 0.3) is 0 Å². The zero-order chi connectivity index (χ0) is 11.1. The molecule has 0 radical (unpaired) electrons. The first-order chi connectivity index (χ1) is 7.12. The fourth-order valence-electron chi connectivity index (χ4n) is 2.77. The van der Waals surface area contributed by atoms with Gasteiger partial charge in [0.2, 0.25) is 0 Å². The van der Waals surface area contributed by atoms with E-state index in [2.05, 4.69) is 0 Å². The van der Waals surface area contributed by atoms with Crippen LogP contribution >= 0.6 is 0 Å². The SMILES string of the molecule is COC(=O)C12CC(F)CN1CC(OC)C2. The molecular formula is C10H16FNO3. The summed E-state index contributed by atoms with van der Waals surface area (Å²) in [6, 6.07) is 0. The van der Waals surface area contributed by atoms with Crippen molar-refractivity contribution in [2.24, 2.45) is 0 Å². The molecule has 0 aromatic carbocycles. The number of hydrogen-bond acceptors (Lipinski definition) is 4. The average Bonchev–Trinajstić information content (AvgIpc) is 2.69. The number of methoxy groups -OCH3 is 2. The highest BCUT2D eigenvalue weighted by molar-refractivity contribution is 5.82. The molecule has 2 rings (SSSR count). The van der Waals surface area contributed by atoms with E-state index in [9.17, 15) is 9.18 Å². The highest BCUT2D eigenvalue weighted by Gasteiger charge is 2.57. The maximum atomic E-state index is 13.3. The maximum absolute atomic E-state index is 13.3. The summed E-state index contributed by atoms with van der Waals surface area (Å²) in [5.41, 5.74) is -0.769. The summed E-state index contributed by atoms with van der Waals surface area (Å²) in [5.74, 6) is -0.331. The lowest BCUT2D eigenvalue weighted by Crippen LogP contribution is -2.46. The fraction of sp³-hybridized carbons (Fsp3) is 0.900. The van der Waals surface area contributed by atoms with E-state index in [1.54, 1.807) is 7.11 Å². The smallest absolute Gasteiger partial charge is 0.326 e. The molecule has 0 bridgehead atoms. The zero-order valence-electron chi connectivity index (χ0n) is 9.03. The van der Waals surface area contributed by atoms with Crippen LogP contribution in [0.5, 0.6) is 0 Å². The molecule has 0 N–H and O–H groups in total. The average molecular weight is 217 g/mol. The van der Waals surface area contributed by atoms with Crippen molar-refractivity contribution >= 4 is 5.97 Å². The number of hydrogen-bond donors (Lipinski definition) is 0. The van der Waals surface area contributed by atoms with Gasteiger partial charge in [-0.2, -0.15) is 0 Å². The maximum Gasteiger partial charge on any atom is 0.326 e. The minimum Gasteiger partial charge on any atom is -0.468 e. The van der Waals surface area contributed by atoms with Gasteiger partial charge in [-0.15, -0.1) is 0 Å². The second-order valence-corrected chi connectivity index (χ2v) is 4.29. The Morgan fingerprint density at radius 1 is 1.40 bits per heavy atom. The summed E-state index contributed by atoms with van der Waals surface area (Å²) in [7, 11) is 2.96. The van der Waals surface area contributed by atoms with E-state index in [1.165, 1.54) is 7.11 Å². The van der Waals surface area contributed by atoms with E-state index in [-0.39, 0.29) is 18.5 Å². The van der Waals surface area contributed by atoms with Crippen LogP contribution in [0.2, 0.25) is 0 Å². The summed E-state index contributed by atoms with van der Waals surface area (Å²) in [4.78, 5) is 13.6. The van der Waals surface area contributed by atoms with Crippen LogP contribution in [0, 0.1) is 0 Å². The van der Waals surface area contributed by atoms with Gasteiger partial charge in [0.15, 0.2) is 0 Å². The summed E-state index contributed by atoms with van der Waals surface area (Å²) in [5, 5.41) is 0. The Hall–Kier alpha value is -0.680. The van der Waals surface area contributed by atoms with E-state index < -0.39 is 11.7 Å². The number of alkyl halides is 1. The molecule has 2 fully saturated rings. The monoisotopic (exact) mass is 217 g/mol. The zero-order valence-corrected chi connectivity index (χ0v) is 9.03. The van der Waals surface area contributed by atoms with Crippen molar-refractivity contribution in [3.8, 4) is 0 Å². The van der Waals surface area contributed by atoms with Crippen LogP contribution in [0.3, 0.4) is 0 Å². The number of carbonyl (C=O) groups excluding carboxylic acids is 1. The third kappa shape index (κ3) is 1.54. The van der Waals surface area contributed by atoms with E-state index in [4.69, 9.17) is 9.47 Å². The fourth-order valence-corrected chi connectivity index (χ4v) is 2.77. The number of carbonyl (C=O) groups is 1. The van der Waals surface area contributed by atoms with Gasteiger partial charge in [0.25, 0.3) is 0 Å². The molecule has 2 aliphatic rings. The Morgan fingerprint density at radius 2 is 2.13 bits per heavy atom. The van der Waals surface area contributed by atoms with Crippen LogP contribution in [0.4, 0.5) is 4.39 Å². The largest absolute Gasteiger partial charge is 0.468 e. The van der Waals surface area contributed by atoms with Crippen LogP contribution in [0.15, 0.2) is 0 Å². The predicted octanol–water partition coefficient (Wildman–Crippen LogP) is 0.361. The van der Waals surface area contributed by atoms with Crippen LogP contribution in [-0.4, -0.2) is 56.0 Å². The van der Waals surface area contributed by atoms with E-state index in [0.717, 1.165) is 0 Å². The Bertz CT molecular complexity index is 273. The van der Waals surface area contributed by atoms with Crippen molar-refractivity contribution in [3.05, 3.63) is 0 Å². The first-order valence-electron chi connectivity index (χ1n) is 5.12. The van der Waals surface area contributed by atoms with Crippen molar-refractivity contribution in [2.75, 3.05) is 27.3 Å². The number of nitrogens with zero attached hydrogens (tertiary/aromatic N) is 1. The van der Waals surface area contributed by atoms with Crippen molar-refractivity contribution in [1.29, 1.82) is 0 Å². The first-order valence-corrected chi connectivity index (χ1v) is 5.12. The van der Waals surface area contributed by atoms with Gasteiger partial charge in [0.05, 0.1) is 13.2 Å². The summed E-state index contributed by atoms with van der Waals surface area (Å²) in [6.45, 7) is 0.932. The van der Waals surface area contributed by atoms with Gasteiger partial charge >= 0.3 is 5.97 Å². The quantitative estimate of drug-likeness (QED) is 0.626. The van der Waals surface area contributed by atoms with Gasteiger partial charge in [-0.05, 0) is 0 Å². The van der Waals surface area contributed by atoms with Crippen molar-refractivity contribution < 1.29 is 18.7 Å². The molecule has 2 aliphatic heterocycles. The lowest BCUT2D eigenvalue weighted by molar-refractivity contribution is -0.152. The molecule has 3 atom stereocenters. The topological polar surface area (TPSA) is 38.8 Å². The van der Waals surface area contributed by atoms with Crippen molar-refractivity contribution in [2.45, 2.75) is 30.7 Å². The number of halogens is 1. The summed E-state index contributed by atoms with van der Waals surface area (Å²) >= 11 is 0. The van der Waals surface area contributed by atoms with Gasteiger partial charge in [0.1, 0.15) is 11.7 Å². The molecule has 0 spiro atoms. The molecule has 2 saturated heterocycles. The molecule has 0 aromatic rings. The van der Waals surface area contributed by atoms with Crippen molar-refractivity contribution in [3.63, 3.8) is 0 Å². The minimum atomic E-state index is -0.929. The molecule has 0 aliphatic carbocycles. The third-order valence-electron chi connectivity index (χ3n) is 3.47. The number of esters is 1. The second kappa shape index (κ2) is 3.72. The third-order valence-corrected chi connectivity index (χ3v) is 3.47. The van der Waals surface area contributed by atoms with Gasteiger partial charge in [-0.1, -0.05) is 0 Å². The second-order valence-electron chi connectivity index (χ2n) is 4.29. The Morgan fingerprint density at radius 3 is 2.73 bits per heavy atom. The van der Waals surface area contributed by atoms with Crippen LogP contribution in [-0.2, 0) is 14.3 Å². The normalized spacial score (nSPS) is 40.5. The molecule has 5 heteroatoms. The Labute approximate surface area is 88.3 Å². The molecule has 0 amide bonds. The highest BCUT2D eigenvalue weighted by atomic mass is 19.1. The molecule has 0 saturated carbocycles. The van der Waals surface area contributed by atoms with E-state index in [1.807, 2.05) is 4.90 Å². The highest BCUT2D eigenvalue weighted by Crippen LogP contribution is 2.41. The minimum absolute atomic E-state index is 0.0107. The summed E-state index contributed by atoms with van der Waals surface area (Å²) in [6.07, 6.45) is -0.144.